The van der Waals surface area contributed by atoms with E-state index in [9.17, 15) is 13.2 Å². The van der Waals surface area contributed by atoms with E-state index in [1.54, 1.807) is 17.0 Å². The number of aromatic nitrogens is 2. The van der Waals surface area contributed by atoms with Crippen molar-refractivity contribution in [2.75, 3.05) is 0 Å². The monoisotopic (exact) mass is 352 g/mol. The molecule has 0 aliphatic heterocycles. The van der Waals surface area contributed by atoms with Gasteiger partial charge in [-0.1, -0.05) is 17.7 Å². The van der Waals surface area contributed by atoms with E-state index in [0.29, 0.717) is 12.2 Å². The number of halogens is 5. The van der Waals surface area contributed by atoms with Crippen molar-refractivity contribution in [2.24, 2.45) is 0 Å². The average molecular weight is 354 g/mol. The second kappa shape index (κ2) is 6.34. The Morgan fingerprint density at radius 3 is 2.32 bits per heavy atom. The first kappa shape index (κ1) is 15.9. The van der Waals surface area contributed by atoms with Crippen molar-refractivity contribution in [1.29, 1.82) is 0 Å². The lowest BCUT2D eigenvalue weighted by Gasteiger charge is -2.07. The van der Waals surface area contributed by atoms with E-state index in [-0.39, 0.29) is 22.0 Å². The van der Waals surface area contributed by atoms with Crippen LogP contribution in [0.5, 0.6) is 0 Å². The van der Waals surface area contributed by atoms with E-state index in [1.807, 2.05) is 18.2 Å². The Hall–Kier alpha value is -1.14. The minimum absolute atomic E-state index is 0. The van der Waals surface area contributed by atoms with E-state index in [1.165, 1.54) is 0 Å². The van der Waals surface area contributed by atoms with Crippen LogP contribution in [0.15, 0.2) is 42.9 Å². The summed E-state index contributed by atoms with van der Waals surface area (Å²) in [6.45, 7) is 0.331. The number of hydrogen-bond donors (Lipinski definition) is 0. The van der Waals surface area contributed by atoms with Crippen LogP contribution >= 0.6 is 11.6 Å². The van der Waals surface area contributed by atoms with E-state index < -0.39 is 11.7 Å². The summed E-state index contributed by atoms with van der Waals surface area (Å²) < 4.78 is 39.0. The van der Waals surface area contributed by atoms with Gasteiger partial charge in [0.15, 0.2) is 18.9 Å². The van der Waals surface area contributed by atoms with Crippen LogP contribution in [-0.4, -0.2) is 4.98 Å². The molecule has 0 saturated carbocycles. The number of pyridine rings is 2. The third-order valence-electron chi connectivity index (χ3n) is 2.35. The fraction of sp³-hybridized carbons (Fsp3) is 0.167. The molecule has 0 bridgehead atoms. The summed E-state index contributed by atoms with van der Waals surface area (Å²) in [5.41, 5.74) is -0.435. The Kier molecular flexibility index (Phi) is 5.31. The highest BCUT2D eigenvalue weighted by Crippen LogP contribution is 2.30. The van der Waals surface area contributed by atoms with Crippen molar-refractivity contribution in [2.45, 2.75) is 12.7 Å². The SMILES string of the molecule is FC(F)(F)c1cnc(C[n+]2ccccc2)c(Cl)c1.[Br-]. The van der Waals surface area contributed by atoms with Crippen molar-refractivity contribution in [3.05, 3.63) is 59.1 Å². The average Bonchev–Trinajstić information content (AvgIpc) is 2.32. The van der Waals surface area contributed by atoms with Crippen molar-refractivity contribution in [1.82, 2.24) is 4.98 Å². The summed E-state index contributed by atoms with van der Waals surface area (Å²) in [7, 11) is 0. The molecule has 0 saturated heterocycles. The molecule has 0 spiro atoms. The van der Waals surface area contributed by atoms with Gasteiger partial charge in [-0.3, -0.25) is 4.98 Å². The predicted molar refractivity (Wildman–Crippen MR) is 60.0 cm³/mol. The van der Waals surface area contributed by atoms with E-state index in [0.717, 1.165) is 12.3 Å². The zero-order chi connectivity index (χ0) is 13.2. The molecule has 2 nitrogen and oxygen atoms in total. The third kappa shape index (κ3) is 4.18. The first-order chi connectivity index (χ1) is 8.47. The number of alkyl halides is 3. The van der Waals surface area contributed by atoms with Crippen LogP contribution in [0.4, 0.5) is 13.2 Å². The number of hydrogen-bond acceptors (Lipinski definition) is 1. The van der Waals surface area contributed by atoms with Gasteiger partial charge in [0, 0.05) is 18.3 Å². The van der Waals surface area contributed by atoms with Gasteiger partial charge in [0.05, 0.1) is 10.6 Å². The molecular weight excluding hydrogens is 344 g/mol. The highest BCUT2D eigenvalue weighted by molar-refractivity contribution is 6.31. The van der Waals surface area contributed by atoms with Gasteiger partial charge in [-0.15, -0.1) is 0 Å². The van der Waals surface area contributed by atoms with Crippen LogP contribution in [-0.2, 0) is 12.7 Å². The summed E-state index contributed by atoms with van der Waals surface area (Å²) in [6, 6.07) is 6.38. The fourth-order valence-corrected chi connectivity index (χ4v) is 1.68. The minimum atomic E-state index is -4.42. The summed E-state index contributed by atoms with van der Waals surface area (Å²) in [5.74, 6) is 0. The standard InChI is InChI=1S/C12H9ClF3N2.BrH/c13-10-6-9(12(14,15)16)7-17-11(10)8-18-4-2-1-3-5-18;/h1-7H,8H2;1H/q+1;/p-1. The molecule has 0 unspecified atom stereocenters. The lowest BCUT2D eigenvalue weighted by atomic mass is 10.2. The van der Waals surface area contributed by atoms with Crippen LogP contribution in [0.2, 0.25) is 5.02 Å². The second-order valence-corrected chi connectivity index (χ2v) is 4.11. The minimum Gasteiger partial charge on any atom is -1.00 e. The van der Waals surface area contributed by atoms with Crippen molar-refractivity contribution < 1.29 is 34.7 Å². The van der Waals surface area contributed by atoms with Crippen LogP contribution < -0.4 is 21.5 Å². The van der Waals surface area contributed by atoms with Gasteiger partial charge in [-0.05, 0) is 6.07 Å². The first-order valence-corrected chi connectivity index (χ1v) is 5.50. The molecule has 2 aromatic heterocycles. The molecule has 0 radical (unpaired) electrons. The van der Waals surface area contributed by atoms with Gasteiger partial charge < -0.3 is 17.0 Å². The summed E-state index contributed by atoms with van der Waals surface area (Å²) >= 11 is 5.81. The Balaban J connectivity index is 0.00000180. The highest BCUT2D eigenvalue weighted by atomic mass is 79.9. The van der Waals surface area contributed by atoms with Crippen LogP contribution in [0, 0.1) is 0 Å². The molecule has 2 aromatic rings. The quantitative estimate of drug-likeness (QED) is 0.700. The molecular formula is C12H9BrClF3N2. The molecule has 0 fully saturated rings. The first-order valence-electron chi connectivity index (χ1n) is 5.12. The molecule has 0 aromatic carbocycles. The van der Waals surface area contributed by atoms with Gasteiger partial charge in [-0.2, -0.15) is 17.7 Å². The van der Waals surface area contributed by atoms with Crippen molar-refractivity contribution in [3.63, 3.8) is 0 Å². The van der Waals surface area contributed by atoms with Gasteiger partial charge in [-0.25, -0.2) is 0 Å². The van der Waals surface area contributed by atoms with E-state index >= 15 is 0 Å². The van der Waals surface area contributed by atoms with Crippen LogP contribution in [0.3, 0.4) is 0 Å². The van der Waals surface area contributed by atoms with E-state index in [2.05, 4.69) is 4.98 Å². The molecule has 19 heavy (non-hydrogen) atoms. The zero-order valence-electron chi connectivity index (χ0n) is 9.53. The summed E-state index contributed by atoms with van der Waals surface area (Å²) in [5, 5.41) is 0.0150. The molecule has 2 rings (SSSR count). The number of rotatable bonds is 2. The maximum Gasteiger partial charge on any atom is 0.417 e. The molecule has 0 aliphatic rings. The topological polar surface area (TPSA) is 16.8 Å². The predicted octanol–water partition coefficient (Wildman–Crippen LogP) is 0.0936. The molecule has 0 N–H and O–H groups in total. The van der Waals surface area contributed by atoms with Gasteiger partial charge in [0.25, 0.3) is 0 Å². The van der Waals surface area contributed by atoms with Gasteiger partial charge >= 0.3 is 6.18 Å². The molecule has 2 heterocycles. The largest absolute Gasteiger partial charge is 1.00 e. The van der Waals surface area contributed by atoms with E-state index in [4.69, 9.17) is 11.6 Å². The zero-order valence-corrected chi connectivity index (χ0v) is 11.9. The molecule has 102 valence electrons. The van der Waals surface area contributed by atoms with Gasteiger partial charge in [0.1, 0.15) is 5.69 Å². The fourth-order valence-electron chi connectivity index (χ4n) is 1.45. The van der Waals surface area contributed by atoms with Crippen LogP contribution in [0.25, 0.3) is 0 Å². The molecule has 0 aliphatic carbocycles. The normalized spacial score (nSPS) is 10.9. The maximum atomic E-state index is 12.4. The summed E-state index contributed by atoms with van der Waals surface area (Å²) in [6.07, 6.45) is -0.0505. The lowest BCUT2D eigenvalue weighted by molar-refractivity contribution is -0.688. The Labute approximate surface area is 123 Å². The second-order valence-electron chi connectivity index (χ2n) is 3.70. The molecule has 7 heteroatoms. The van der Waals surface area contributed by atoms with Crippen molar-refractivity contribution >= 4 is 11.6 Å². The smallest absolute Gasteiger partial charge is 0.417 e. The van der Waals surface area contributed by atoms with Gasteiger partial charge in [0.2, 0.25) is 0 Å². The lowest BCUT2D eigenvalue weighted by Crippen LogP contribution is -3.00. The molecule has 0 amide bonds. The van der Waals surface area contributed by atoms with Crippen LogP contribution in [0.1, 0.15) is 11.3 Å². The van der Waals surface area contributed by atoms with Crippen molar-refractivity contribution in [3.8, 4) is 0 Å². The Morgan fingerprint density at radius 1 is 1.16 bits per heavy atom. The Bertz CT molecular complexity index is 546. The number of nitrogens with zero attached hydrogens (tertiary/aromatic N) is 2. The Morgan fingerprint density at radius 2 is 1.79 bits per heavy atom. The summed E-state index contributed by atoms with van der Waals surface area (Å²) in [4.78, 5) is 3.77. The highest BCUT2D eigenvalue weighted by Gasteiger charge is 2.31. The molecule has 0 atom stereocenters. The maximum absolute atomic E-state index is 12.4. The third-order valence-corrected chi connectivity index (χ3v) is 2.68.